The summed E-state index contributed by atoms with van der Waals surface area (Å²) in [7, 11) is 9.16. The number of anilines is 1. The SMILES string of the molecule is CN=C(NCC(c1cccs1)N(C)C)Nc1ccc(OC)c(OC)c1.I. The third kappa shape index (κ3) is 6.03. The van der Waals surface area contributed by atoms with Gasteiger partial charge in [0.25, 0.3) is 0 Å². The fraction of sp³-hybridized carbons (Fsp3) is 0.389. The molecule has 2 N–H and O–H groups in total. The molecule has 6 nitrogen and oxygen atoms in total. The van der Waals surface area contributed by atoms with E-state index in [4.69, 9.17) is 9.47 Å². The second-order valence-electron chi connectivity index (χ2n) is 5.64. The quantitative estimate of drug-likeness (QED) is 0.353. The molecule has 1 aromatic carbocycles. The highest BCUT2D eigenvalue weighted by Crippen LogP contribution is 2.29. The van der Waals surface area contributed by atoms with Crippen LogP contribution < -0.4 is 20.1 Å². The van der Waals surface area contributed by atoms with Gasteiger partial charge >= 0.3 is 0 Å². The maximum Gasteiger partial charge on any atom is 0.195 e. The summed E-state index contributed by atoms with van der Waals surface area (Å²) in [5, 5.41) is 8.77. The molecule has 0 saturated heterocycles. The number of likely N-dealkylation sites (N-methyl/N-ethyl adjacent to an activating group) is 1. The fourth-order valence-corrected chi connectivity index (χ4v) is 3.36. The van der Waals surface area contributed by atoms with Crippen LogP contribution >= 0.6 is 35.3 Å². The van der Waals surface area contributed by atoms with Crippen molar-refractivity contribution in [1.29, 1.82) is 0 Å². The highest BCUT2D eigenvalue weighted by molar-refractivity contribution is 14.0. The number of hydrogen-bond acceptors (Lipinski definition) is 5. The summed E-state index contributed by atoms with van der Waals surface area (Å²) in [5.74, 6) is 2.07. The Morgan fingerprint density at radius 2 is 1.92 bits per heavy atom. The summed E-state index contributed by atoms with van der Waals surface area (Å²) in [6.45, 7) is 0.750. The van der Waals surface area contributed by atoms with Crippen molar-refractivity contribution in [2.24, 2.45) is 4.99 Å². The van der Waals surface area contributed by atoms with Crippen LogP contribution in [0.1, 0.15) is 10.9 Å². The molecule has 0 aliphatic carbocycles. The average Bonchev–Trinajstić information content (AvgIpc) is 3.14. The first-order valence-electron chi connectivity index (χ1n) is 7.98. The number of benzene rings is 1. The number of hydrogen-bond donors (Lipinski definition) is 2. The number of rotatable bonds is 7. The van der Waals surface area contributed by atoms with Crippen molar-refractivity contribution in [2.45, 2.75) is 6.04 Å². The van der Waals surface area contributed by atoms with Gasteiger partial charge in [0.15, 0.2) is 17.5 Å². The molecule has 26 heavy (non-hydrogen) atoms. The molecular formula is C18H27IN4O2S. The van der Waals surface area contributed by atoms with E-state index in [1.54, 1.807) is 32.6 Å². The lowest BCUT2D eigenvalue weighted by Crippen LogP contribution is -2.37. The highest BCUT2D eigenvalue weighted by atomic mass is 127. The van der Waals surface area contributed by atoms with E-state index in [1.807, 2.05) is 18.2 Å². The molecule has 0 aliphatic heterocycles. The van der Waals surface area contributed by atoms with Crippen LogP contribution in [0.15, 0.2) is 40.7 Å². The van der Waals surface area contributed by atoms with Gasteiger partial charge in [-0.05, 0) is 37.7 Å². The minimum absolute atomic E-state index is 0. The molecule has 1 aromatic heterocycles. The normalized spacial score (nSPS) is 12.3. The molecule has 0 amide bonds. The lowest BCUT2D eigenvalue weighted by molar-refractivity contribution is 0.303. The molecule has 0 radical (unpaired) electrons. The van der Waals surface area contributed by atoms with Gasteiger partial charge in [-0.3, -0.25) is 4.99 Å². The topological polar surface area (TPSA) is 58.1 Å². The lowest BCUT2D eigenvalue weighted by atomic mass is 10.2. The Hall–Kier alpha value is -1.52. The molecule has 0 aliphatic rings. The van der Waals surface area contributed by atoms with Gasteiger partial charge in [-0.2, -0.15) is 0 Å². The lowest BCUT2D eigenvalue weighted by Gasteiger charge is -2.24. The summed E-state index contributed by atoms with van der Waals surface area (Å²) in [5.41, 5.74) is 0.878. The second kappa shape index (κ2) is 11.2. The zero-order valence-electron chi connectivity index (χ0n) is 15.8. The molecule has 0 fully saturated rings. The van der Waals surface area contributed by atoms with E-state index >= 15 is 0 Å². The largest absolute Gasteiger partial charge is 0.493 e. The smallest absolute Gasteiger partial charge is 0.195 e. The van der Waals surface area contributed by atoms with Gasteiger partial charge in [-0.1, -0.05) is 6.07 Å². The van der Waals surface area contributed by atoms with Crippen LogP contribution in [0, 0.1) is 0 Å². The third-order valence-corrected chi connectivity index (χ3v) is 4.80. The first kappa shape index (κ1) is 22.5. The van der Waals surface area contributed by atoms with Crippen molar-refractivity contribution < 1.29 is 9.47 Å². The Labute approximate surface area is 176 Å². The van der Waals surface area contributed by atoms with Crippen LogP contribution in [-0.4, -0.2) is 52.8 Å². The van der Waals surface area contributed by atoms with Crippen molar-refractivity contribution in [1.82, 2.24) is 10.2 Å². The fourth-order valence-electron chi connectivity index (χ4n) is 2.44. The highest BCUT2D eigenvalue weighted by Gasteiger charge is 2.15. The molecule has 0 bridgehead atoms. The van der Waals surface area contributed by atoms with Gasteiger partial charge in [0.2, 0.25) is 0 Å². The van der Waals surface area contributed by atoms with Gasteiger partial charge in [0.05, 0.1) is 20.3 Å². The second-order valence-corrected chi connectivity index (χ2v) is 6.62. The van der Waals surface area contributed by atoms with Gasteiger partial charge in [-0.15, -0.1) is 35.3 Å². The van der Waals surface area contributed by atoms with E-state index in [1.165, 1.54) is 4.88 Å². The number of ether oxygens (including phenoxy) is 2. The zero-order chi connectivity index (χ0) is 18.2. The van der Waals surface area contributed by atoms with Crippen molar-refractivity contribution in [3.8, 4) is 11.5 Å². The number of thiophene rings is 1. The molecule has 1 heterocycles. The number of halogens is 1. The first-order chi connectivity index (χ1) is 12.1. The number of methoxy groups -OCH3 is 2. The van der Waals surface area contributed by atoms with E-state index in [0.717, 1.165) is 12.2 Å². The number of guanidine groups is 1. The standard InChI is InChI=1S/C18H26N4O2S.HI/c1-19-18(20-12-14(22(2)3)17-7-6-10-25-17)21-13-8-9-15(23-4)16(11-13)24-5;/h6-11,14H,12H2,1-5H3,(H2,19,20,21);1H. The average molecular weight is 490 g/mol. The maximum atomic E-state index is 5.34. The van der Waals surface area contributed by atoms with Crippen LogP contribution in [0.25, 0.3) is 0 Å². The predicted molar refractivity (Wildman–Crippen MR) is 121 cm³/mol. The summed E-state index contributed by atoms with van der Waals surface area (Å²) in [6.07, 6.45) is 0. The first-order valence-corrected chi connectivity index (χ1v) is 8.86. The van der Waals surface area contributed by atoms with Crippen LogP contribution in [0.4, 0.5) is 5.69 Å². The summed E-state index contributed by atoms with van der Waals surface area (Å²) in [4.78, 5) is 7.82. The van der Waals surface area contributed by atoms with Crippen molar-refractivity contribution >= 4 is 47.0 Å². The van der Waals surface area contributed by atoms with Crippen molar-refractivity contribution in [3.63, 3.8) is 0 Å². The molecule has 1 unspecified atom stereocenters. The van der Waals surface area contributed by atoms with Crippen molar-refractivity contribution in [2.75, 3.05) is 47.2 Å². The third-order valence-electron chi connectivity index (χ3n) is 3.83. The predicted octanol–water partition coefficient (Wildman–Crippen LogP) is 3.67. The van der Waals surface area contributed by atoms with Crippen molar-refractivity contribution in [3.05, 3.63) is 40.6 Å². The Balaban J connectivity index is 0.00000338. The Morgan fingerprint density at radius 3 is 2.46 bits per heavy atom. The van der Waals surface area contributed by atoms with Gasteiger partial charge < -0.3 is 25.0 Å². The molecular weight excluding hydrogens is 463 g/mol. The van der Waals surface area contributed by atoms with E-state index in [9.17, 15) is 0 Å². The van der Waals surface area contributed by atoms with Gasteiger partial charge in [0.1, 0.15) is 0 Å². The molecule has 8 heteroatoms. The van der Waals surface area contributed by atoms with E-state index in [-0.39, 0.29) is 30.0 Å². The van der Waals surface area contributed by atoms with Gasteiger partial charge in [0, 0.05) is 30.2 Å². The van der Waals surface area contributed by atoms with E-state index in [2.05, 4.69) is 52.1 Å². The monoisotopic (exact) mass is 490 g/mol. The minimum atomic E-state index is 0. The molecule has 0 saturated carbocycles. The minimum Gasteiger partial charge on any atom is -0.493 e. The molecule has 2 aromatic rings. The van der Waals surface area contributed by atoms with Crippen LogP contribution in [-0.2, 0) is 0 Å². The van der Waals surface area contributed by atoms with Crippen LogP contribution in [0.2, 0.25) is 0 Å². The number of nitrogens with zero attached hydrogens (tertiary/aromatic N) is 2. The molecule has 0 spiro atoms. The molecule has 2 rings (SSSR count). The molecule has 144 valence electrons. The van der Waals surface area contributed by atoms with E-state index < -0.39 is 0 Å². The van der Waals surface area contributed by atoms with E-state index in [0.29, 0.717) is 17.5 Å². The Kier molecular flexibility index (Phi) is 9.74. The van der Waals surface area contributed by atoms with Gasteiger partial charge in [-0.25, -0.2) is 0 Å². The zero-order valence-corrected chi connectivity index (χ0v) is 18.9. The molecule has 1 atom stereocenters. The van der Waals surface area contributed by atoms with Crippen LogP contribution in [0.5, 0.6) is 11.5 Å². The Morgan fingerprint density at radius 1 is 1.19 bits per heavy atom. The summed E-state index contributed by atoms with van der Waals surface area (Å²) in [6, 6.07) is 10.2. The maximum absolute atomic E-state index is 5.34. The Bertz CT molecular complexity index is 693. The number of nitrogens with one attached hydrogen (secondary N) is 2. The summed E-state index contributed by atoms with van der Waals surface area (Å²) >= 11 is 1.76. The summed E-state index contributed by atoms with van der Waals surface area (Å²) < 4.78 is 10.6. The van der Waals surface area contributed by atoms with Crippen LogP contribution in [0.3, 0.4) is 0 Å². The number of aliphatic imine (C=N–C) groups is 1.